The van der Waals surface area contributed by atoms with Crippen LogP contribution in [0.15, 0.2) is 170 Å². The van der Waals surface area contributed by atoms with Crippen molar-refractivity contribution in [2.24, 2.45) is 0 Å². The van der Waals surface area contributed by atoms with Crippen LogP contribution in [-0.4, -0.2) is 0 Å². The number of allylic oxidation sites excluding steroid dienone is 2. The monoisotopic (exact) mass is 648 g/mol. The van der Waals surface area contributed by atoms with Gasteiger partial charge in [0.1, 0.15) is 0 Å². The summed E-state index contributed by atoms with van der Waals surface area (Å²) in [6, 6.07) is 60.3. The predicted molar refractivity (Wildman–Crippen MR) is 211 cm³/mol. The van der Waals surface area contributed by atoms with E-state index in [-0.39, 0.29) is 5.92 Å². The van der Waals surface area contributed by atoms with Crippen molar-refractivity contribution in [3.63, 3.8) is 0 Å². The van der Waals surface area contributed by atoms with Crippen LogP contribution in [0.4, 0.5) is 0 Å². The van der Waals surface area contributed by atoms with Crippen molar-refractivity contribution in [3.8, 4) is 22.3 Å². The quantitative estimate of drug-likeness (QED) is 0.168. The van der Waals surface area contributed by atoms with Crippen LogP contribution in [0.25, 0.3) is 68.2 Å². The average Bonchev–Trinajstić information content (AvgIpc) is 3.71. The fourth-order valence-electron chi connectivity index (χ4n) is 7.05. The molecular formula is C46H32S2. The number of hydrogen-bond donors (Lipinski definition) is 0. The number of benzene rings is 7. The molecule has 0 spiro atoms. The molecule has 0 saturated carbocycles. The molecule has 0 fully saturated rings. The molecule has 0 aliphatic carbocycles. The van der Waals surface area contributed by atoms with Gasteiger partial charge in [-0.15, -0.1) is 22.7 Å². The van der Waals surface area contributed by atoms with Gasteiger partial charge in [0.15, 0.2) is 0 Å². The highest BCUT2D eigenvalue weighted by atomic mass is 32.1. The van der Waals surface area contributed by atoms with Gasteiger partial charge in [0, 0.05) is 46.3 Å². The summed E-state index contributed by atoms with van der Waals surface area (Å²) in [4.78, 5) is 0. The normalized spacial score (nSPS) is 12.2. The summed E-state index contributed by atoms with van der Waals surface area (Å²) in [5.41, 5.74) is 10.1. The van der Waals surface area contributed by atoms with Crippen LogP contribution in [0.5, 0.6) is 0 Å². The topological polar surface area (TPSA) is 0 Å². The summed E-state index contributed by atoms with van der Waals surface area (Å²) in [5, 5.41) is 5.35. The lowest BCUT2D eigenvalue weighted by Gasteiger charge is -2.18. The van der Waals surface area contributed by atoms with E-state index in [1.54, 1.807) is 0 Å². The summed E-state index contributed by atoms with van der Waals surface area (Å²) in [7, 11) is 0. The Morgan fingerprint density at radius 1 is 0.417 bits per heavy atom. The Balaban J connectivity index is 1.23. The fraction of sp³-hybridized carbons (Fsp3) is 0.0435. The van der Waals surface area contributed by atoms with Crippen molar-refractivity contribution >= 4 is 68.6 Å². The van der Waals surface area contributed by atoms with Crippen LogP contribution >= 0.6 is 22.7 Å². The fourth-order valence-corrected chi connectivity index (χ4v) is 9.36. The molecule has 0 amide bonds. The molecule has 0 unspecified atom stereocenters. The van der Waals surface area contributed by atoms with Gasteiger partial charge in [-0.05, 0) is 93.9 Å². The summed E-state index contributed by atoms with van der Waals surface area (Å²) >= 11 is 3.78. The largest absolute Gasteiger partial charge is 0.135 e. The molecule has 0 aliphatic rings. The molecule has 0 saturated heterocycles. The molecule has 9 aromatic rings. The van der Waals surface area contributed by atoms with Crippen LogP contribution in [0.2, 0.25) is 0 Å². The third-order valence-corrected chi connectivity index (χ3v) is 11.8. The van der Waals surface area contributed by atoms with Gasteiger partial charge >= 0.3 is 0 Å². The van der Waals surface area contributed by atoms with Gasteiger partial charge in [0.25, 0.3) is 0 Å². The Hall–Kier alpha value is -5.28. The molecule has 7 aromatic carbocycles. The van der Waals surface area contributed by atoms with Crippen LogP contribution in [0, 0.1) is 0 Å². The molecule has 2 heteroatoms. The molecule has 0 atom stereocenters. The molecule has 0 bridgehead atoms. The smallest absolute Gasteiger partial charge is 0.0358 e. The molecule has 0 nitrogen and oxygen atoms in total. The van der Waals surface area contributed by atoms with E-state index in [1.165, 1.54) is 84.9 Å². The van der Waals surface area contributed by atoms with Crippen LogP contribution in [-0.2, 0) is 0 Å². The van der Waals surface area contributed by atoms with Gasteiger partial charge in [-0.1, -0.05) is 127 Å². The Morgan fingerprint density at radius 2 is 0.854 bits per heavy atom. The molecule has 9 rings (SSSR count). The SMILES string of the molecule is C/C(=C\C(c1ccc2c(c1)sc1ccccc12)c1ccc2c(c1)sc1ccccc12)c1cc(-c2ccccc2)cc(-c2ccccc2)c1. The van der Waals surface area contributed by atoms with E-state index >= 15 is 0 Å². The highest BCUT2D eigenvalue weighted by molar-refractivity contribution is 7.26. The van der Waals surface area contributed by atoms with Crippen molar-refractivity contribution in [3.05, 3.63) is 187 Å². The summed E-state index contributed by atoms with van der Waals surface area (Å²) in [6.45, 7) is 2.28. The number of fused-ring (bicyclic) bond motifs is 6. The van der Waals surface area contributed by atoms with Crippen LogP contribution < -0.4 is 0 Å². The van der Waals surface area contributed by atoms with E-state index < -0.39 is 0 Å². The van der Waals surface area contributed by atoms with Crippen molar-refractivity contribution < 1.29 is 0 Å². The second-order valence-corrected chi connectivity index (χ2v) is 14.7. The van der Waals surface area contributed by atoms with Crippen molar-refractivity contribution in [1.29, 1.82) is 0 Å². The Bertz CT molecular complexity index is 2450. The number of hydrogen-bond acceptors (Lipinski definition) is 2. The molecule has 0 aliphatic heterocycles. The lowest BCUT2D eigenvalue weighted by Crippen LogP contribution is -1.99. The maximum absolute atomic E-state index is 2.49. The molecule has 228 valence electrons. The van der Waals surface area contributed by atoms with Gasteiger partial charge < -0.3 is 0 Å². The Morgan fingerprint density at radius 3 is 1.35 bits per heavy atom. The van der Waals surface area contributed by atoms with E-state index in [1.807, 2.05) is 22.7 Å². The van der Waals surface area contributed by atoms with Crippen LogP contribution in [0.1, 0.15) is 29.5 Å². The third-order valence-electron chi connectivity index (χ3n) is 9.54. The zero-order valence-electron chi connectivity index (χ0n) is 26.6. The van der Waals surface area contributed by atoms with Crippen molar-refractivity contribution in [2.45, 2.75) is 12.8 Å². The van der Waals surface area contributed by atoms with Crippen LogP contribution in [0.3, 0.4) is 0 Å². The van der Waals surface area contributed by atoms with E-state index in [9.17, 15) is 0 Å². The Kier molecular flexibility index (Phi) is 7.27. The number of rotatable bonds is 6. The first kappa shape index (κ1) is 28.9. The minimum Gasteiger partial charge on any atom is -0.135 e. The first-order valence-electron chi connectivity index (χ1n) is 16.5. The molecule has 0 radical (unpaired) electrons. The lowest BCUT2D eigenvalue weighted by molar-refractivity contribution is 1.03. The molecule has 2 aromatic heterocycles. The van der Waals surface area contributed by atoms with E-state index in [2.05, 4.69) is 177 Å². The summed E-state index contributed by atoms with van der Waals surface area (Å²) < 4.78 is 5.35. The van der Waals surface area contributed by atoms with E-state index in [0.29, 0.717) is 0 Å². The lowest BCUT2D eigenvalue weighted by atomic mass is 9.86. The van der Waals surface area contributed by atoms with Gasteiger partial charge in [-0.2, -0.15) is 0 Å². The molecule has 2 heterocycles. The average molecular weight is 649 g/mol. The van der Waals surface area contributed by atoms with E-state index in [0.717, 1.165) is 0 Å². The molecule has 0 N–H and O–H groups in total. The van der Waals surface area contributed by atoms with Gasteiger partial charge in [0.05, 0.1) is 0 Å². The van der Waals surface area contributed by atoms with E-state index in [4.69, 9.17) is 0 Å². The maximum Gasteiger partial charge on any atom is 0.0358 e. The second kappa shape index (κ2) is 12.1. The van der Waals surface area contributed by atoms with Gasteiger partial charge in [-0.3, -0.25) is 0 Å². The zero-order chi connectivity index (χ0) is 32.0. The summed E-state index contributed by atoms with van der Waals surface area (Å²) in [5.74, 6) is 0.0924. The minimum absolute atomic E-state index is 0.0924. The summed E-state index contributed by atoms with van der Waals surface area (Å²) in [6.07, 6.45) is 2.49. The predicted octanol–water partition coefficient (Wildman–Crippen LogP) is 14.0. The molecule has 48 heavy (non-hydrogen) atoms. The van der Waals surface area contributed by atoms with Gasteiger partial charge in [-0.25, -0.2) is 0 Å². The maximum atomic E-state index is 2.49. The first-order valence-corrected chi connectivity index (χ1v) is 18.1. The Labute approximate surface area is 288 Å². The highest BCUT2D eigenvalue weighted by Gasteiger charge is 2.18. The van der Waals surface area contributed by atoms with Crippen molar-refractivity contribution in [2.75, 3.05) is 0 Å². The first-order chi connectivity index (χ1) is 23.7. The third kappa shape index (κ3) is 5.24. The highest BCUT2D eigenvalue weighted by Crippen LogP contribution is 2.41. The standard InChI is InChI=1S/C46H32S2/c1-30(35-25-36(31-12-4-2-5-13-31)27-37(26-35)32-14-6-3-7-15-32)24-42(33-20-22-40-38-16-8-10-18-43(38)47-45(40)28-33)34-21-23-41-39-17-9-11-19-44(39)48-46(41)29-34/h2-29,42H,1H3/b30-24+. The zero-order valence-corrected chi connectivity index (χ0v) is 28.2. The minimum atomic E-state index is 0.0924. The van der Waals surface area contributed by atoms with Crippen molar-refractivity contribution in [1.82, 2.24) is 0 Å². The van der Waals surface area contributed by atoms with Gasteiger partial charge in [0.2, 0.25) is 0 Å². The molecular weight excluding hydrogens is 617 g/mol. The number of thiophene rings is 2. The second-order valence-electron chi connectivity index (χ2n) is 12.6.